The minimum absolute atomic E-state index is 0.112. The van der Waals surface area contributed by atoms with E-state index < -0.39 is 37.5 Å². The maximum atomic E-state index is 13.3. The number of anilines is 1. The van der Waals surface area contributed by atoms with Crippen molar-refractivity contribution >= 4 is 33.3 Å². The first kappa shape index (κ1) is 19.9. The Bertz CT molecular complexity index is 995. The van der Waals surface area contributed by atoms with Crippen LogP contribution < -0.4 is 10.2 Å². The second-order valence-corrected chi connectivity index (χ2v) is 9.58. The first-order valence-corrected chi connectivity index (χ1v) is 10.3. The fourth-order valence-electron chi connectivity index (χ4n) is 4.57. The van der Waals surface area contributed by atoms with E-state index in [9.17, 15) is 26.7 Å². The molecule has 3 aliphatic rings. The molecule has 30 heavy (non-hydrogen) atoms. The summed E-state index contributed by atoms with van der Waals surface area (Å²) in [4.78, 5) is 25.0. The number of nitrogens with zero attached hydrogens (tertiary/aromatic N) is 4. The number of likely N-dealkylation sites (tertiary alicyclic amines) is 1. The molecular weight excluding hydrogens is 429 g/mol. The van der Waals surface area contributed by atoms with E-state index in [2.05, 4.69) is 15.3 Å². The van der Waals surface area contributed by atoms with Crippen LogP contribution in [0.15, 0.2) is 12.4 Å². The largest absolute Gasteiger partial charge is 0.393 e. The summed E-state index contributed by atoms with van der Waals surface area (Å²) in [6.07, 6.45) is -4.41. The second kappa shape index (κ2) is 6.46. The predicted octanol–water partition coefficient (Wildman–Crippen LogP) is 2.44. The number of fused-ring (bicyclic) bond motifs is 1. The summed E-state index contributed by atoms with van der Waals surface area (Å²) in [7, 11) is 0. The smallest absolute Gasteiger partial charge is 0.354 e. The summed E-state index contributed by atoms with van der Waals surface area (Å²) in [6, 6.07) is 0.656. The third-order valence-corrected chi connectivity index (χ3v) is 6.90. The predicted molar refractivity (Wildman–Crippen MR) is 99.8 cm³/mol. The molecule has 2 aromatic rings. The summed E-state index contributed by atoms with van der Waals surface area (Å²) in [5, 5.41) is 3.18. The van der Waals surface area contributed by atoms with Crippen molar-refractivity contribution in [2.24, 2.45) is 5.41 Å². The monoisotopic (exact) mass is 447 g/mol. The Hall–Kier alpha value is -2.08. The Labute approximate surface area is 172 Å². The third kappa shape index (κ3) is 3.49. The van der Waals surface area contributed by atoms with Crippen molar-refractivity contribution in [3.8, 4) is 0 Å². The molecule has 5 heterocycles. The van der Waals surface area contributed by atoms with Crippen LogP contribution in [0.1, 0.15) is 11.3 Å². The highest BCUT2D eigenvalue weighted by Crippen LogP contribution is 2.44. The topological polar surface area (TPSA) is 61.4 Å². The van der Waals surface area contributed by atoms with E-state index in [1.165, 1.54) is 12.4 Å². The standard InChI is InChI=1S/C18H18F5N5OS/c19-17(20)3-12(24-4-17)15(29)28-7-16(8-28)5-27(6-16)13-11-1-10(2-18(21,22)23)30-14(11)26-9-25-13/h1,9,12,24H,2-8H2/t12-/m0/s1. The van der Waals surface area contributed by atoms with Gasteiger partial charge in [-0.1, -0.05) is 0 Å². The fourth-order valence-corrected chi connectivity index (χ4v) is 5.59. The summed E-state index contributed by atoms with van der Waals surface area (Å²) < 4.78 is 64.7. The molecule has 1 atom stereocenters. The van der Waals surface area contributed by atoms with Crippen LogP contribution in [0.2, 0.25) is 0 Å². The van der Waals surface area contributed by atoms with Gasteiger partial charge in [-0.05, 0) is 6.07 Å². The number of hydrogen-bond donors (Lipinski definition) is 1. The van der Waals surface area contributed by atoms with Gasteiger partial charge in [0.15, 0.2) is 0 Å². The van der Waals surface area contributed by atoms with Crippen LogP contribution in [0.4, 0.5) is 27.8 Å². The molecule has 1 N–H and O–H groups in total. The van der Waals surface area contributed by atoms with Gasteiger partial charge in [0.2, 0.25) is 5.91 Å². The molecule has 162 valence electrons. The van der Waals surface area contributed by atoms with Crippen molar-refractivity contribution in [2.75, 3.05) is 37.6 Å². The number of hydrogen-bond acceptors (Lipinski definition) is 6. The van der Waals surface area contributed by atoms with Crippen molar-refractivity contribution in [2.45, 2.75) is 31.0 Å². The summed E-state index contributed by atoms with van der Waals surface area (Å²) in [6.45, 7) is 1.73. The Morgan fingerprint density at radius 1 is 1.23 bits per heavy atom. The first-order valence-electron chi connectivity index (χ1n) is 9.48. The van der Waals surface area contributed by atoms with Crippen LogP contribution in [0.3, 0.4) is 0 Å². The first-order chi connectivity index (χ1) is 14.0. The number of aromatic nitrogens is 2. The van der Waals surface area contributed by atoms with E-state index in [1.54, 1.807) is 4.90 Å². The quantitative estimate of drug-likeness (QED) is 0.733. The molecule has 0 aromatic carbocycles. The minimum atomic E-state index is -4.28. The summed E-state index contributed by atoms with van der Waals surface area (Å²) >= 11 is 1.01. The zero-order valence-corrected chi connectivity index (χ0v) is 16.5. The Kier molecular flexibility index (Phi) is 4.27. The molecule has 6 nitrogen and oxygen atoms in total. The molecule has 0 radical (unpaired) electrons. The number of carbonyl (C=O) groups is 1. The van der Waals surface area contributed by atoms with E-state index in [1.807, 2.05) is 4.90 Å². The van der Waals surface area contributed by atoms with Crippen molar-refractivity contribution in [3.05, 3.63) is 17.3 Å². The van der Waals surface area contributed by atoms with Crippen LogP contribution in [0.25, 0.3) is 10.2 Å². The normalized spacial score (nSPS) is 24.9. The zero-order chi connectivity index (χ0) is 21.3. The molecule has 3 saturated heterocycles. The number of rotatable bonds is 3. The van der Waals surface area contributed by atoms with Gasteiger partial charge >= 0.3 is 6.18 Å². The van der Waals surface area contributed by atoms with Crippen molar-refractivity contribution in [3.63, 3.8) is 0 Å². The number of carbonyl (C=O) groups excluding carboxylic acids is 1. The highest BCUT2D eigenvalue weighted by Gasteiger charge is 2.55. The highest BCUT2D eigenvalue weighted by atomic mass is 32.1. The SMILES string of the molecule is O=C([C@@H]1CC(F)(F)CN1)N1CC2(C1)CN(c1ncnc3sc(CC(F)(F)F)cc13)C2. The molecule has 0 aliphatic carbocycles. The van der Waals surface area contributed by atoms with E-state index in [-0.39, 0.29) is 16.2 Å². The Morgan fingerprint density at radius 2 is 1.97 bits per heavy atom. The lowest BCUT2D eigenvalue weighted by Gasteiger charge is -2.60. The molecular formula is C18H18F5N5OS. The van der Waals surface area contributed by atoms with Crippen LogP contribution >= 0.6 is 11.3 Å². The molecule has 12 heteroatoms. The van der Waals surface area contributed by atoms with Crippen molar-refractivity contribution in [1.29, 1.82) is 0 Å². The average molecular weight is 447 g/mol. The van der Waals surface area contributed by atoms with E-state index in [0.29, 0.717) is 42.2 Å². The van der Waals surface area contributed by atoms with E-state index in [4.69, 9.17) is 0 Å². The van der Waals surface area contributed by atoms with Gasteiger partial charge in [-0.15, -0.1) is 11.3 Å². The van der Waals surface area contributed by atoms with Gasteiger partial charge in [0, 0.05) is 42.9 Å². The van der Waals surface area contributed by atoms with Gasteiger partial charge in [0.25, 0.3) is 5.92 Å². The van der Waals surface area contributed by atoms with Gasteiger partial charge < -0.3 is 9.80 Å². The number of nitrogens with one attached hydrogen (secondary N) is 1. The maximum Gasteiger partial charge on any atom is 0.393 e. The van der Waals surface area contributed by atoms with Crippen LogP contribution in [0.5, 0.6) is 0 Å². The van der Waals surface area contributed by atoms with E-state index in [0.717, 1.165) is 11.3 Å². The minimum Gasteiger partial charge on any atom is -0.354 e. The van der Waals surface area contributed by atoms with Crippen molar-refractivity contribution < 1.29 is 26.7 Å². The third-order valence-electron chi connectivity index (χ3n) is 5.86. The van der Waals surface area contributed by atoms with Crippen LogP contribution in [-0.2, 0) is 11.2 Å². The van der Waals surface area contributed by atoms with Gasteiger partial charge in [-0.25, -0.2) is 18.7 Å². The van der Waals surface area contributed by atoms with Gasteiger partial charge in [-0.2, -0.15) is 13.2 Å². The summed E-state index contributed by atoms with van der Waals surface area (Å²) in [5.41, 5.74) is -0.112. The van der Waals surface area contributed by atoms with Crippen LogP contribution in [0, 0.1) is 5.41 Å². The maximum absolute atomic E-state index is 13.3. The van der Waals surface area contributed by atoms with Gasteiger partial charge in [0.05, 0.1) is 24.4 Å². The lowest BCUT2D eigenvalue weighted by atomic mass is 9.72. The molecule has 2 aromatic heterocycles. The van der Waals surface area contributed by atoms with Crippen LogP contribution in [-0.4, -0.2) is 71.6 Å². The molecule has 1 amide bonds. The van der Waals surface area contributed by atoms with Gasteiger partial charge in [0.1, 0.15) is 17.0 Å². The molecule has 1 spiro atoms. The molecule has 0 bridgehead atoms. The summed E-state index contributed by atoms with van der Waals surface area (Å²) in [5.74, 6) is -2.55. The lowest BCUT2D eigenvalue weighted by molar-refractivity contribution is -0.147. The van der Waals surface area contributed by atoms with E-state index >= 15 is 0 Å². The lowest BCUT2D eigenvalue weighted by Crippen LogP contribution is -2.74. The average Bonchev–Trinajstić information content (AvgIpc) is 3.12. The Balaban J connectivity index is 1.22. The number of alkyl halides is 5. The molecule has 0 saturated carbocycles. The highest BCUT2D eigenvalue weighted by molar-refractivity contribution is 7.18. The van der Waals surface area contributed by atoms with Gasteiger partial charge in [-0.3, -0.25) is 10.1 Å². The second-order valence-electron chi connectivity index (χ2n) is 8.46. The van der Waals surface area contributed by atoms with Crippen molar-refractivity contribution in [1.82, 2.24) is 20.2 Å². The number of halogens is 5. The number of amides is 1. The number of thiophene rings is 1. The molecule has 0 unspecified atom stereocenters. The molecule has 3 aliphatic heterocycles. The zero-order valence-electron chi connectivity index (χ0n) is 15.7. The molecule has 3 fully saturated rings. The molecule has 5 rings (SSSR count). The fraction of sp³-hybridized carbons (Fsp3) is 0.611. The Morgan fingerprint density at radius 3 is 2.60 bits per heavy atom.